The van der Waals surface area contributed by atoms with Crippen LogP contribution in [0.25, 0.3) is 0 Å². The van der Waals surface area contributed by atoms with E-state index in [1.165, 1.54) is 5.56 Å². The number of nitrogens with one attached hydrogen (secondary N) is 1. The van der Waals surface area contributed by atoms with E-state index in [1.54, 1.807) is 0 Å². The summed E-state index contributed by atoms with van der Waals surface area (Å²) in [6.07, 6.45) is 0.715. The average Bonchev–Trinajstić information content (AvgIpc) is 2.47. The third-order valence-corrected chi connectivity index (χ3v) is 1.43. The van der Waals surface area contributed by atoms with Crippen LogP contribution in [0.3, 0.4) is 0 Å². The molecule has 0 aromatic heterocycles. The van der Waals surface area contributed by atoms with Crippen molar-refractivity contribution >= 4 is 15.8 Å². The fourth-order valence-corrected chi connectivity index (χ4v) is 0.937. The molecule has 0 saturated heterocycles. The van der Waals surface area contributed by atoms with Gasteiger partial charge in [-0.05, 0) is 6.07 Å². The van der Waals surface area contributed by atoms with Crippen LogP contribution in [0.4, 0.5) is 5.69 Å². The molecule has 6 heteroatoms. The largest absolute Gasteiger partial charge is 0.286 e. The second-order valence-corrected chi connectivity index (χ2v) is 4.25. The van der Waals surface area contributed by atoms with E-state index in [1.807, 2.05) is 18.2 Å². The van der Waals surface area contributed by atoms with Crippen molar-refractivity contribution in [2.24, 2.45) is 0 Å². The number of fused-ring (bicyclic) bond motifs is 1. The summed E-state index contributed by atoms with van der Waals surface area (Å²) in [5.41, 5.74) is 5.13. The molecule has 2 N–H and O–H groups in total. The monoisotopic (exact) mass is 217 g/mol. The normalized spacial score (nSPS) is 13.6. The molecule has 0 fully saturated rings. The summed E-state index contributed by atoms with van der Waals surface area (Å²) in [5.74, 6) is 0. The zero-order chi connectivity index (χ0) is 10.6. The summed E-state index contributed by atoms with van der Waals surface area (Å²) < 4.78 is 25.9. The number of hydrogen-bond acceptors (Lipinski definition) is 4. The van der Waals surface area contributed by atoms with Gasteiger partial charge in [0.1, 0.15) is 6.61 Å². The quantitative estimate of drug-likeness (QED) is 0.635. The van der Waals surface area contributed by atoms with Crippen molar-refractivity contribution < 1.29 is 17.8 Å². The fraction of sp³-hybridized carbons (Fsp3) is 0.250. The van der Waals surface area contributed by atoms with Crippen LogP contribution < -0.4 is 5.48 Å². The molecule has 5 nitrogen and oxygen atoms in total. The lowest BCUT2D eigenvalue weighted by Gasteiger charge is -1.91. The zero-order valence-corrected chi connectivity index (χ0v) is 8.41. The van der Waals surface area contributed by atoms with E-state index in [0.717, 1.165) is 5.69 Å². The maximum Gasteiger partial charge on any atom is 0.261 e. The van der Waals surface area contributed by atoms with Crippen molar-refractivity contribution in [3.63, 3.8) is 0 Å². The van der Waals surface area contributed by atoms with E-state index in [4.69, 9.17) is 9.39 Å². The first kappa shape index (κ1) is 11.0. The van der Waals surface area contributed by atoms with Crippen LogP contribution in [0.2, 0.25) is 0 Å². The Bertz CT molecular complexity index is 371. The van der Waals surface area contributed by atoms with Gasteiger partial charge in [-0.2, -0.15) is 8.42 Å². The van der Waals surface area contributed by atoms with E-state index >= 15 is 0 Å². The smallest absolute Gasteiger partial charge is 0.261 e. The minimum atomic E-state index is -3.67. The summed E-state index contributed by atoms with van der Waals surface area (Å²) in [6, 6.07) is 8.05. The Morgan fingerprint density at radius 3 is 2.57 bits per heavy atom. The molecule has 0 bridgehead atoms. The number of hydrogen-bond donors (Lipinski definition) is 2. The number of benzene rings is 1. The second-order valence-electron chi connectivity index (χ2n) is 2.78. The highest BCUT2D eigenvalue weighted by Gasteiger charge is 2.06. The molecule has 78 valence electrons. The van der Waals surface area contributed by atoms with Gasteiger partial charge in [0.05, 0.1) is 11.9 Å². The molecule has 14 heavy (non-hydrogen) atoms. The molecule has 0 spiro atoms. The second kappa shape index (κ2) is 4.41. The Labute approximate surface area is 82.4 Å². The molecule has 1 aliphatic heterocycles. The fourth-order valence-electron chi connectivity index (χ4n) is 0.937. The summed E-state index contributed by atoms with van der Waals surface area (Å²) in [7, 11) is -3.67. The van der Waals surface area contributed by atoms with Crippen LogP contribution >= 0.6 is 0 Å². The van der Waals surface area contributed by atoms with Crippen LogP contribution in [-0.4, -0.2) is 19.2 Å². The first-order chi connectivity index (χ1) is 6.47. The third-order valence-electron chi connectivity index (χ3n) is 1.43. The average molecular weight is 217 g/mol. The molecular weight excluding hydrogens is 206 g/mol. The molecule has 0 aliphatic carbocycles. The minimum absolute atomic E-state index is 0.691. The van der Waals surface area contributed by atoms with Gasteiger partial charge in [-0.25, -0.2) is 0 Å². The minimum Gasteiger partial charge on any atom is -0.286 e. The molecule has 1 heterocycles. The Balaban J connectivity index is 0.000000171. The topological polar surface area (TPSA) is 75.6 Å². The maximum absolute atomic E-state index is 9.19. The van der Waals surface area contributed by atoms with Crippen LogP contribution in [0.1, 0.15) is 5.56 Å². The van der Waals surface area contributed by atoms with Crippen molar-refractivity contribution in [2.75, 3.05) is 11.7 Å². The lowest BCUT2D eigenvalue weighted by Crippen LogP contribution is -1.88. The lowest BCUT2D eigenvalue weighted by atomic mass is 10.2. The van der Waals surface area contributed by atoms with Crippen molar-refractivity contribution in [2.45, 2.75) is 6.61 Å². The SMILES string of the molecule is CS(=O)(=O)O.c1ccc2c(c1)CON2. The van der Waals surface area contributed by atoms with Gasteiger partial charge < -0.3 is 0 Å². The first-order valence-electron chi connectivity index (χ1n) is 3.85. The number of para-hydroxylation sites is 1. The highest BCUT2D eigenvalue weighted by Crippen LogP contribution is 2.20. The predicted molar refractivity (Wildman–Crippen MR) is 52.3 cm³/mol. The van der Waals surface area contributed by atoms with Gasteiger partial charge in [0.25, 0.3) is 10.1 Å². The van der Waals surface area contributed by atoms with Crippen LogP contribution in [-0.2, 0) is 21.6 Å². The summed E-state index contributed by atoms with van der Waals surface area (Å²) >= 11 is 0. The Hall–Kier alpha value is -1.11. The molecule has 0 radical (unpaired) electrons. The first-order valence-corrected chi connectivity index (χ1v) is 5.70. The maximum atomic E-state index is 9.19. The van der Waals surface area contributed by atoms with Crippen LogP contribution in [0.5, 0.6) is 0 Å². The summed E-state index contributed by atoms with van der Waals surface area (Å²) in [5, 5.41) is 0. The molecule has 1 aromatic carbocycles. The Morgan fingerprint density at radius 1 is 1.43 bits per heavy atom. The van der Waals surface area contributed by atoms with Gasteiger partial charge in [-0.3, -0.25) is 14.9 Å². The van der Waals surface area contributed by atoms with Crippen molar-refractivity contribution in [3.8, 4) is 0 Å². The molecule has 0 amide bonds. The lowest BCUT2D eigenvalue weighted by molar-refractivity contribution is 0.202. The summed E-state index contributed by atoms with van der Waals surface area (Å²) in [6.45, 7) is 0.691. The van der Waals surface area contributed by atoms with Crippen molar-refractivity contribution in [1.82, 2.24) is 0 Å². The van der Waals surface area contributed by atoms with E-state index < -0.39 is 10.1 Å². The van der Waals surface area contributed by atoms with Crippen LogP contribution in [0.15, 0.2) is 24.3 Å². The van der Waals surface area contributed by atoms with E-state index in [9.17, 15) is 8.42 Å². The molecule has 0 atom stereocenters. The molecule has 0 saturated carbocycles. The Kier molecular flexibility index (Phi) is 3.45. The highest BCUT2D eigenvalue weighted by atomic mass is 32.2. The van der Waals surface area contributed by atoms with E-state index in [0.29, 0.717) is 12.9 Å². The molecule has 2 rings (SSSR count). The number of rotatable bonds is 0. The molecule has 1 aliphatic rings. The molecule has 0 unspecified atom stereocenters. The highest BCUT2D eigenvalue weighted by molar-refractivity contribution is 7.85. The molecular formula is C8H11NO4S. The Morgan fingerprint density at radius 2 is 2.00 bits per heavy atom. The summed E-state index contributed by atoms with van der Waals surface area (Å²) in [4.78, 5) is 4.96. The van der Waals surface area contributed by atoms with Crippen molar-refractivity contribution in [1.29, 1.82) is 0 Å². The van der Waals surface area contributed by atoms with Gasteiger partial charge in [-0.15, -0.1) is 0 Å². The van der Waals surface area contributed by atoms with Gasteiger partial charge in [0.2, 0.25) is 0 Å². The van der Waals surface area contributed by atoms with Gasteiger partial charge in [-0.1, -0.05) is 18.2 Å². The van der Waals surface area contributed by atoms with E-state index in [-0.39, 0.29) is 0 Å². The third kappa shape index (κ3) is 4.22. The van der Waals surface area contributed by atoms with Crippen LogP contribution in [0, 0.1) is 0 Å². The van der Waals surface area contributed by atoms with Gasteiger partial charge in [0.15, 0.2) is 0 Å². The zero-order valence-electron chi connectivity index (χ0n) is 7.60. The standard InChI is InChI=1S/C7H7NO.CH4O3S/c1-2-4-7-6(3-1)5-9-8-7;1-5(2,3)4/h1-4,8H,5H2;1H3,(H,2,3,4). The van der Waals surface area contributed by atoms with Gasteiger partial charge >= 0.3 is 0 Å². The van der Waals surface area contributed by atoms with Gasteiger partial charge in [0, 0.05) is 5.56 Å². The van der Waals surface area contributed by atoms with Crippen molar-refractivity contribution in [3.05, 3.63) is 29.8 Å². The predicted octanol–water partition coefficient (Wildman–Crippen LogP) is 1.05. The number of anilines is 1. The van der Waals surface area contributed by atoms with E-state index in [2.05, 4.69) is 11.5 Å². The molecule has 1 aromatic rings.